The number of rotatable bonds is 6. The minimum absolute atomic E-state index is 0.00200. The summed E-state index contributed by atoms with van der Waals surface area (Å²) in [5.74, 6) is 0.896. The fraction of sp³-hybridized carbons (Fsp3) is 0.333. The molecule has 1 aromatic carbocycles. The van der Waals surface area contributed by atoms with Crippen LogP contribution in [0.2, 0.25) is 5.02 Å². The molecule has 1 aromatic heterocycles. The topological polar surface area (TPSA) is 85.9 Å². The lowest BCUT2D eigenvalue weighted by atomic mass is 10.2. The van der Waals surface area contributed by atoms with Gasteiger partial charge < -0.3 is 9.88 Å². The smallest absolute Gasteiger partial charge is 0.270 e. The van der Waals surface area contributed by atoms with Gasteiger partial charge in [-0.1, -0.05) is 11.6 Å². The van der Waals surface area contributed by atoms with Gasteiger partial charge in [0.2, 0.25) is 0 Å². The van der Waals surface area contributed by atoms with Crippen molar-refractivity contribution >= 4 is 17.3 Å². The molecule has 0 aliphatic heterocycles. The molecule has 0 fully saturated rings. The maximum atomic E-state index is 10.6. The predicted octanol–water partition coefficient (Wildman–Crippen LogP) is 1.71. The third kappa shape index (κ3) is 3.52. The maximum Gasteiger partial charge on any atom is 0.270 e. The van der Waals surface area contributed by atoms with Crippen LogP contribution in [0.5, 0.6) is 0 Å². The van der Waals surface area contributed by atoms with E-state index in [0.717, 1.165) is 24.4 Å². The molecule has 0 atom stereocenters. The van der Waals surface area contributed by atoms with E-state index in [1.165, 1.54) is 12.1 Å². The van der Waals surface area contributed by atoms with E-state index >= 15 is 0 Å². The zero-order valence-corrected chi connectivity index (χ0v) is 11.7. The average molecular weight is 296 g/mol. The number of halogens is 1. The van der Waals surface area contributed by atoms with Gasteiger partial charge in [-0.05, 0) is 11.6 Å². The van der Waals surface area contributed by atoms with Crippen LogP contribution < -0.4 is 5.32 Å². The summed E-state index contributed by atoms with van der Waals surface area (Å²) in [7, 11) is 1.89. The number of nitro groups is 1. The molecule has 8 heteroatoms. The quantitative estimate of drug-likeness (QED) is 0.498. The standard InChI is InChI=1S/C12H14ClN5O2/c1-17-8-15-16-12(17)4-5-14-7-9-2-3-10(18(19)20)6-11(9)13/h2-3,6,8,14H,4-5,7H2,1H3. The minimum atomic E-state index is -0.461. The Balaban J connectivity index is 1.85. The SMILES string of the molecule is Cn1cnnc1CCNCc1ccc([N+](=O)[O-])cc1Cl. The van der Waals surface area contributed by atoms with Crippen LogP contribution in [-0.2, 0) is 20.0 Å². The molecule has 0 amide bonds. The molecule has 2 rings (SSSR count). The number of benzene rings is 1. The lowest BCUT2D eigenvalue weighted by Crippen LogP contribution is -2.18. The predicted molar refractivity (Wildman–Crippen MR) is 74.5 cm³/mol. The van der Waals surface area contributed by atoms with Gasteiger partial charge in [0.1, 0.15) is 12.2 Å². The number of aromatic nitrogens is 3. The van der Waals surface area contributed by atoms with E-state index in [9.17, 15) is 10.1 Å². The first-order valence-corrected chi connectivity index (χ1v) is 6.42. The summed E-state index contributed by atoms with van der Waals surface area (Å²) in [5.41, 5.74) is 0.827. The van der Waals surface area contributed by atoms with Gasteiger partial charge >= 0.3 is 0 Å². The molecule has 0 saturated heterocycles. The van der Waals surface area contributed by atoms with Crippen LogP contribution in [0.15, 0.2) is 24.5 Å². The molecule has 0 unspecified atom stereocenters. The Labute approximate surface area is 120 Å². The number of nitro benzene ring substituents is 1. The van der Waals surface area contributed by atoms with Gasteiger partial charge in [0.15, 0.2) is 0 Å². The second-order valence-corrected chi connectivity index (χ2v) is 4.72. The molecule has 0 spiro atoms. The van der Waals surface area contributed by atoms with E-state index in [4.69, 9.17) is 11.6 Å². The lowest BCUT2D eigenvalue weighted by molar-refractivity contribution is -0.384. The third-order valence-electron chi connectivity index (χ3n) is 2.89. The Hall–Kier alpha value is -1.99. The van der Waals surface area contributed by atoms with Crippen molar-refractivity contribution in [3.8, 4) is 0 Å². The Morgan fingerprint density at radius 1 is 1.50 bits per heavy atom. The normalized spacial score (nSPS) is 10.7. The summed E-state index contributed by atoms with van der Waals surface area (Å²) in [6.07, 6.45) is 2.41. The first-order chi connectivity index (χ1) is 9.58. The highest BCUT2D eigenvalue weighted by Crippen LogP contribution is 2.22. The van der Waals surface area contributed by atoms with E-state index in [1.807, 2.05) is 11.6 Å². The monoisotopic (exact) mass is 295 g/mol. The van der Waals surface area contributed by atoms with Gasteiger partial charge in [-0.15, -0.1) is 10.2 Å². The van der Waals surface area contributed by atoms with Crippen LogP contribution in [-0.4, -0.2) is 26.2 Å². The third-order valence-corrected chi connectivity index (χ3v) is 3.25. The Morgan fingerprint density at radius 2 is 2.30 bits per heavy atom. The molecule has 1 N–H and O–H groups in total. The van der Waals surface area contributed by atoms with Crippen molar-refractivity contribution in [2.75, 3.05) is 6.54 Å². The second-order valence-electron chi connectivity index (χ2n) is 4.32. The van der Waals surface area contributed by atoms with E-state index in [1.54, 1.807) is 12.4 Å². The number of hydrogen-bond acceptors (Lipinski definition) is 5. The summed E-state index contributed by atoms with van der Waals surface area (Å²) in [6, 6.07) is 4.47. The minimum Gasteiger partial charge on any atom is -0.321 e. The molecule has 2 aromatic rings. The molecule has 0 bridgehead atoms. The average Bonchev–Trinajstić information content (AvgIpc) is 2.81. The highest BCUT2D eigenvalue weighted by Gasteiger charge is 2.09. The number of nitrogens with zero attached hydrogens (tertiary/aromatic N) is 4. The molecule has 0 aliphatic rings. The van der Waals surface area contributed by atoms with Crippen LogP contribution in [0.25, 0.3) is 0 Å². The molecular formula is C12H14ClN5O2. The Bertz CT molecular complexity index is 614. The fourth-order valence-corrected chi connectivity index (χ4v) is 1.99. The number of aryl methyl sites for hydroxylation is 1. The van der Waals surface area contributed by atoms with E-state index < -0.39 is 4.92 Å². The van der Waals surface area contributed by atoms with E-state index in [2.05, 4.69) is 15.5 Å². The van der Waals surface area contributed by atoms with E-state index in [-0.39, 0.29) is 5.69 Å². The maximum absolute atomic E-state index is 10.6. The van der Waals surface area contributed by atoms with Gasteiger partial charge in [-0.3, -0.25) is 10.1 Å². The molecular weight excluding hydrogens is 282 g/mol. The van der Waals surface area contributed by atoms with E-state index in [0.29, 0.717) is 11.6 Å². The lowest BCUT2D eigenvalue weighted by Gasteiger charge is -2.06. The summed E-state index contributed by atoms with van der Waals surface area (Å²) >= 11 is 6.01. The molecule has 0 radical (unpaired) electrons. The van der Waals surface area contributed by atoms with Crippen LogP contribution in [0.4, 0.5) is 5.69 Å². The van der Waals surface area contributed by atoms with Gasteiger partial charge in [-0.2, -0.15) is 0 Å². The molecule has 0 saturated carbocycles. The second kappa shape index (κ2) is 6.44. The van der Waals surface area contributed by atoms with Crippen LogP contribution in [0.3, 0.4) is 0 Å². The first-order valence-electron chi connectivity index (χ1n) is 6.04. The van der Waals surface area contributed by atoms with Crippen molar-refractivity contribution < 1.29 is 4.92 Å². The number of hydrogen-bond donors (Lipinski definition) is 1. The highest BCUT2D eigenvalue weighted by atomic mass is 35.5. The number of non-ortho nitro benzene ring substituents is 1. The van der Waals surface area contributed by atoms with Crippen molar-refractivity contribution in [3.05, 3.63) is 51.1 Å². The van der Waals surface area contributed by atoms with Gasteiger partial charge in [0, 0.05) is 38.7 Å². The van der Waals surface area contributed by atoms with Crippen LogP contribution in [0, 0.1) is 10.1 Å². The Kier molecular flexibility index (Phi) is 4.65. The van der Waals surface area contributed by atoms with Crippen molar-refractivity contribution in [2.45, 2.75) is 13.0 Å². The summed E-state index contributed by atoms with van der Waals surface area (Å²) in [4.78, 5) is 10.1. The molecule has 20 heavy (non-hydrogen) atoms. The summed E-state index contributed by atoms with van der Waals surface area (Å²) < 4.78 is 1.86. The Morgan fingerprint density at radius 3 is 2.90 bits per heavy atom. The largest absolute Gasteiger partial charge is 0.321 e. The first kappa shape index (κ1) is 14.4. The van der Waals surface area contributed by atoms with Crippen molar-refractivity contribution in [3.63, 3.8) is 0 Å². The van der Waals surface area contributed by atoms with Gasteiger partial charge in [0.05, 0.1) is 9.95 Å². The zero-order chi connectivity index (χ0) is 14.5. The van der Waals surface area contributed by atoms with Crippen molar-refractivity contribution in [1.29, 1.82) is 0 Å². The number of nitrogens with one attached hydrogen (secondary N) is 1. The van der Waals surface area contributed by atoms with Crippen molar-refractivity contribution in [1.82, 2.24) is 20.1 Å². The van der Waals surface area contributed by atoms with Crippen molar-refractivity contribution in [2.24, 2.45) is 7.05 Å². The van der Waals surface area contributed by atoms with Crippen LogP contribution in [0.1, 0.15) is 11.4 Å². The summed E-state index contributed by atoms with van der Waals surface area (Å²) in [6.45, 7) is 1.27. The summed E-state index contributed by atoms with van der Waals surface area (Å²) in [5, 5.41) is 22.0. The molecule has 0 aliphatic carbocycles. The van der Waals surface area contributed by atoms with Gasteiger partial charge in [-0.25, -0.2) is 0 Å². The molecule has 106 valence electrons. The molecule has 1 heterocycles. The van der Waals surface area contributed by atoms with Gasteiger partial charge in [0.25, 0.3) is 5.69 Å². The fourth-order valence-electron chi connectivity index (χ4n) is 1.75. The molecule has 7 nitrogen and oxygen atoms in total. The zero-order valence-electron chi connectivity index (χ0n) is 10.9. The highest BCUT2D eigenvalue weighted by molar-refractivity contribution is 6.31. The van der Waals surface area contributed by atoms with Crippen LogP contribution >= 0.6 is 11.6 Å².